The van der Waals surface area contributed by atoms with Gasteiger partial charge in [-0.25, -0.2) is 0 Å². The number of hydrogen-bond donors (Lipinski definition) is 1. The normalized spacial score (nSPS) is 40.5. The molecule has 2 aliphatic rings. The highest BCUT2D eigenvalue weighted by molar-refractivity contribution is 4.96. The quantitative estimate of drug-likeness (QED) is 0.801. The van der Waals surface area contributed by atoms with Gasteiger partial charge in [0, 0.05) is 6.61 Å². The smallest absolute Gasteiger partial charge is 0.0942 e. The second-order valence-electron chi connectivity index (χ2n) is 7.31. The summed E-state index contributed by atoms with van der Waals surface area (Å²) in [6.07, 6.45) is 10.6. The van der Waals surface area contributed by atoms with E-state index >= 15 is 0 Å². The summed E-state index contributed by atoms with van der Waals surface area (Å²) in [6, 6.07) is 0. The number of hydrogen-bond acceptors (Lipinski definition) is 2. The Morgan fingerprint density at radius 2 is 1.65 bits per heavy atom. The van der Waals surface area contributed by atoms with Crippen molar-refractivity contribution in [1.29, 1.82) is 0 Å². The molecule has 0 aromatic heterocycles. The minimum atomic E-state index is -0.243. The summed E-state index contributed by atoms with van der Waals surface area (Å²) < 4.78 is 6.14. The fourth-order valence-corrected chi connectivity index (χ4v) is 4.41. The molecular weight excluding hydrogens is 248 g/mol. The summed E-state index contributed by atoms with van der Waals surface area (Å²) in [5.74, 6) is 2.16. The molecule has 0 aromatic rings. The average molecular weight is 282 g/mol. The third-order valence-corrected chi connectivity index (χ3v) is 6.01. The summed E-state index contributed by atoms with van der Waals surface area (Å²) in [5, 5.41) is 11.0. The molecule has 0 saturated heterocycles. The maximum absolute atomic E-state index is 11.0. The molecular formula is C18H34O2. The molecule has 2 aliphatic carbocycles. The third kappa shape index (κ3) is 3.57. The summed E-state index contributed by atoms with van der Waals surface area (Å²) in [6.45, 7) is 7.43. The van der Waals surface area contributed by atoms with Crippen LogP contribution < -0.4 is 0 Å². The molecule has 0 aliphatic heterocycles. The van der Waals surface area contributed by atoms with Crippen LogP contribution in [-0.2, 0) is 4.74 Å². The Kier molecular flexibility index (Phi) is 5.92. The van der Waals surface area contributed by atoms with Crippen molar-refractivity contribution in [3.63, 3.8) is 0 Å². The van der Waals surface area contributed by atoms with Crippen molar-refractivity contribution in [2.24, 2.45) is 17.8 Å². The Balaban J connectivity index is 1.98. The van der Waals surface area contributed by atoms with E-state index in [4.69, 9.17) is 4.74 Å². The number of rotatable bonds is 5. The number of aliphatic hydroxyl groups is 1. The molecule has 2 rings (SSSR count). The van der Waals surface area contributed by atoms with Gasteiger partial charge >= 0.3 is 0 Å². The van der Waals surface area contributed by atoms with Crippen molar-refractivity contribution in [3.8, 4) is 0 Å². The van der Waals surface area contributed by atoms with Gasteiger partial charge in [0.15, 0.2) is 0 Å². The van der Waals surface area contributed by atoms with Crippen LogP contribution in [0.4, 0.5) is 0 Å². The molecule has 0 heterocycles. The molecule has 2 saturated carbocycles. The molecule has 1 atom stereocenters. The van der Waals surface area contributed by atoms with Crippen LogP contribution in [0, 0.1) is 17.8 Å². The molecule has 2 fully saturated rings. The molecule has 1 unspecified atom stereocenters. The van der Waals surface area contributed by atoms with E-state index in [1.54, 1.807) is 0 Å². The fourth-order valence-electron chi connectivity index (χ4n) is 4.41. The zero-order valence-corrected chi connectivity index (χ0v) is 13.7. The molecule has 0 aromatic carbocycles. The van der Waals surface area contributed by atoms with E-state index < -0.39 is 0 Å². The van der Waals surface area contributed by atoms with Gasteiger partial charge in [-0.15, -0.1) is 0 Å². The summed E-state index contributed by atoms with van der Waals surface area (Å²) in [5.41, 5.74) is -0.231. The minimum Gasteiger partial charge on any atom is -0.390 e. The zero-order chi connectivity index (χ0) is 14.6. The molecule has 2 heteroatoms. The Labute approximate surface area is 125 Å². The first-order chi connectivity index (χ1) is 9.61. The van der Waals surface area contributed by atoms with Crippen molar-refractivity contribution in [1.82, 2.24) is 0 Å². The SMILES string of the molecule is CCOC1(C(O)C2CCC(CC)CC2)CCC(C)CC1. The van der Waals surface area contributed by atoms with Gasteiger partial charge in [0.25, 0.3) is 0 Å². The van der Waals surface area contributed by atoms with Gasteiger partial charge in [-0.2, -0.15) is 0 Å². The zero-order valence-electron chi connectivity index (χ0n) is 13.7. The molecule has 1 N–H and O–H groups in total. The second kappa shape index (κ2) is 7.26. The van der Waals surface area contributed by atoms with Crippen LogP contribution in [0.5, 0.6) is 0 Å². The first kappa shape index (κ1) is 16.3. The largest absolute Gasteiger partial charge is 0.390 e. The van der Waals surface area contributed by atoms with Gasteiger partial charge in [-0.3, -0.25) is 0 Å². The van der Waals surface area contributed by atoms with Crippen LogP contribution >= 0.6 is 0 Å². The lowest BCUT2D eigenvalue weighted by molar-refractivity contribution is -0.165. The second-order valence-corrected chi connectivity index (χ2v) is 7.31. The molecule has 2 nitrogen and oxygen atoms in total. The van der Waals surface area contributed by atoms with Crippen LogP contribution in [0.2, 0.25) is 0 Å². The Morgan fingerprint density at radius 1 is 1.05 bits per heavy atom. The third-order valence-electron chi connectivity index (χ3n) is 6.01. The van der Waals surface area contributed by atoms with Crippen LogP contribution in [-0.4, -0.2) is 23.4 Å². The van der Waals surface area contributed by atoms with E-state index in [0.717, 1.165) is 31.3 Å². The molecule has 0 bridgehead atoms. The molecule has 0 spiro atoms. The van der Waals surface area contributed by atoms with Crippen molar-refractivity contribution in [3.05, 3.63) is 0 Å². The highest BCUT2D eigenvalue weighted by atomic mass is 16.5. The topological polar surface area (TPSA) is 29.5 Å². The van der Waals surface area contributed by atoms with Gasteiger partial charge in [-0.1, -0.05) is 33.1 Å². The summed E-state index contributed by atoms with van der Waals surface area (Å²) >= 11 is 0. The minimum absolute atomic E-state index is 0.231. The van der Waals surface area contributed by atoms with Gasteiger partial charge in [0.2, 0.25) is 0 Å². The van der Waals surface area contributed by atoms with Crippen molar-refractivity contribution >= 4 is 0 Å². The van der Waals surface area contributed by atoms with Crippen LogP contribution in [0.3, 0.4) is 0 Å². The highest BCUT2D eigenvalue weighted by Crippen LogP contribution is 2.43. The Hall–Kier alpha value is -0.0800. The van der Waals surface area contributed by atoms with Crippen molar-refractivity contribution in [2.45, 2.75) is 90.3 Å². The van der Waals surface area contributed by atoms with Gasteiger partial charge in [-0.05, 0) is 63.2 Å². The monoisotopic (exact) mass is 282 g/mol. The maximum Gasteiger partial charge on any atom is 0.0942 e. The van der Waals surface area contributed by atoms with Crippen LogP contribution in [0.1, 0.15) is 78.6 Å². The summed E-state index contributed by atoms with van der Waals surface area (Å²) in [7, 11) is 0. The predicted octanol–water partition coefficient (Wildman–Crippen LogP) is 4.55. The molecule has 118 valence electrons. The molecule has 0 radical (unpaired) electrons. The van der Waals surface area contributed by atoms with E-state index in [-0.39, 0.29) is 11.7 Å². The Morgan fingerprint density at radius 3 is 2.15 bits per heavy atom. The maximum atomic E-state index is 11.0. The van der Waals surface area contributed by atoms with E-state index in [9.17, 15) is 5.11 Å². The fraction of sp³-hybridized carbons (Fsp3) is 1.00. The average Bonchev–Trinajstić information content (AvgIpc) is 2.49. The highest BCUT2D eigenvalue weighted by Gasteiger charge is 2.45. The first-order valence-electron chi connectivity index (χ1n) is 8.93. The predicted molar refractivity (Wildman–Crippen MR) is 83.7 cm³/mol. The lowest BCUT2D eigenvalue weighted by Crippen LogP contribution is -2.51. The summed E-state index contributed by atoms with van der Waals surface area (Å²) in [4.78, 5) is 0. The van der Waals surface area contributed by atoms with E-state index in [0.29, 0.717) is 5.92 Å². The van der Waals surface area contributed by atoms with Crippen molar-refractivity contribution < 1.29 is 9.84 Å². The first-order valence-corrected chi connectivity index (χ1v) is 8.93. The van der Waals surface area contributed by atoms with E-state index in [1.165, 1.54) is 44.9 Å². The van der Waals surface area contributed by atoms with Crippen molar-refractivity contribution in [2.75, 3.05) is 6.61 Å². The lowest BCUT2D eigenvalue weighted by atomic mass is 9.69. The van der Waals surface area contributed by atoms with E-state index in [2.05, 4.69) is 20.8 Å². The van der Waals surface area contributed by atoms with Crippen LogP contribution in [0.15, 0.2) is 0 Å². The molecule has 0 amide bonds. The van der Waals surface area contributed by atoms with E-state index in [1.807, 2.05) is 0 Å². The lowest BCUT2D eigenvalue weighted by Gasteiger charge is -2.46. The standard InChI is InChI=1S/C18H34O2/c1-4-15-6-8-16(9-7-15)17(19)18(20-5-2)12-10-14(3)11-13-18/h14-17,19H,4-13H2,1-3H3. The van der Waals surface area contributed by atoms with Crippen LogP contribution in [0.25, 0.3) is 0 Å². The van der Waals surface area contributed by atoms with Gasteiger partial charge in [0.1, 0.15) is 0 Å². The molecule has 20 heavy (non-hydrogen) atoms. The number of aliphatic hydroxyl groups excluding tert-OH is 1. The number of ether oxygens (including phenoxy) is 1. The Bertz CT molecular complexity index is 273. The van der Waals surface area contributed by atoms with Gasteiger partial charge < -0.3 is 9.84 Å². The van der Waals surface area contributed by atoms with Gasteiger partial charge in [0.05, 0.1) is 11.7 Å².